The van der Waals surface area contributed by atoms with Crippen LogP contribution in [0.2, 0.25) is 0 Å². The maximum absolute atomic E-state index is 10.8. The number of carbonyl (C=O) groups is 1. The highest BCUT2D eigenvalue weighted by Gasteiger charge is 2.22. The zero-order valence-corrected chi connectivity index (χ0v) is 12.5. The van der Waals surface area contributed by atoms with E-state index in [2.05, 4.69) is 19.1 Å². The molecule has 0 fully saturated rings. The number of carboxylic acids is 1. The van der Waals surface area contributed by atoms with Crippen molar-refractivity contribution in [3.63, 3.8) is 0 Å². The number of aryl methyl sites for hydroxylation is 1. The molecule has 0 aliphatic carbocycles. The van der Waals surface area contributed by atoms with E-state index in [9.17, 15) is 4.79 Å². The fourth-order valence-corrected chi connectivity index (χ4v) is 3.32. The quantitative estimate of drug-likeness (QED) is 0.873. The monoisotopic (exact) mass is 300 g/mol. The van der Waals surface area contributed by atoms with E-state index in [1.165, 1.54) is 11.1 Å². The predicted molar refractivity (Wildman–Crippen MR) is 83.4 cm³/mol. The molecular weight excluding hydrogens is 284 g/mol. The second-order valence-electron chi connectivity index (χ2n) is 5.20. The fourth-order valence-electron chi connectivity index (χ4n) is 2.43. The number of carboxylic acid groups (broad SMARTS) is 1. The highest BCUT2D eigenvalue weighted by molar-refractivity contribution is 7.99. The molecule has 0 saturated heterocycles. The molecule has 1 aliphatic heterocycles. The number of rotatable bonds is 4. The Labute approximate surface area is 127 Å². The van der Waals surface area contributed by atoms with Crippen molar-refractivity contribution in [2.24, 2.45) is 0 Å². The van der Waals surface area contributed by atoms with Gasteiger partial charge in [0.2, 0.25) is 0 Å². The Bertz CT molecular complexity index is 664. The summed E-state index contributed by atoms with van der Waals surface area (Å²) in [5.41, 5.74) is 2.86. The van der Waals surface area contributed by atoms with Crippen LogP contribution in [0.25, 0.3) is 0 Å². The molecular formula is C17H16O3S. The van der Waals surface area contributed by atoms with Crippen LogP contribution in [-0.2, 0) is 6.42 Å². The molecule has 21 heavy (non-hydrogen) atoms. The lowest BCUT2D eigenvalue weighted by Crippen LogP contribution is -2.15. The van der Waals surface area contributed by atoms with Crippen molar-refractivity contribution in [2.45, 2.75) is 24.3 Å². The molecule has 4 heteroatoms. The third kappa shape index (κ3) is 3.22. The number of fused-ring (bicyclic) bond motifs is 1. The highest BCUT2D eigenvalue weighted by atomic mass is 32.2. The van der Waals surface area contributed by atoms with Crippen molar-refractivity contribution >= 4 is 17.7 Å². The molecule has 2 aromatic carbocycles. The summed E-state index contributed by atoms with van der Waals surface area (Å²) in [4.78, 5) is 11.9. The van der Waals surface area contributed by atoms with Gasteiger partial charge in [-0.25, -0.2) is 4.79 Å². The fraction of sp³-hybridized carbons (Fsp3) is 0.235. The molecule has 3 rings (SSSR count). The van der Waals surface area contributed by atoms with Crippen LogP contribution in [0.1, 0.15) is 21.5 Å². The van der Waals surface area contributed by atoms with Crippen molar-refractivity contribution in [1.29, 1.82) is 0 Å². The number of benzene rings is 2. The van der Waals surface area contributed by atoms with E-state index in [1.807, 2.05) is 18.2 Å². The second kappa shape index (κ2) is 5.82. The van der Waals surface area contributed by atoms with Crippen LogP contribution in [0.15, 0.2) is 47.4 Å². The van der Waals surface area contributed by atoms with Crippen molar-refractivity contribution < 1.29 is 14.6 Å². The van der Waals surface area contributed by atoms with E-state index in [-0.39, 0.29) is 6.10 Å². The van der Waals surface area contributed by atoms with Gasteiger partial charge in [0.15, 0.2) is 0 Å². The van der Waals surface area contributed by atoms with E-state index in [4.69, 9.17) is 9.84 Å². The largest absolute Gasteiger partial charge is 0.489 e. The van der Waals surface area contributed by atoms with Gasteiger partial charge in [0, 0.05) is 17.1 Å². The first kappa shape index (κ1) is 14.0. The summed E-state index contributed by atoms with van der Waals surface area (Å²) >= 11 is 1.69. The zero-order chi connectivity index (χ0) is 14.8. The SMILES string of the molecule is Cc1ccc2c(c1)CC(CSc1ccc(C(=O)O)cc1)O2. The lowest BCUT2D eigenvalue weighted by Gasteiger charge is -2.10. The third-order valence-corrected chi connectivity index (χ3v) is 4.64. The van der Waals surface area contributed by atoms with Gasteiger partial charge in [-0.15, -0.1) is 11.8 Å². The molecule has 0 bridgehead atoms. The average molecular weight is 300 g/mol. The van der Waals surface area contributed by atoms with Crippen molar-refractivity contribution in [2.75, 3.05) is 5.75 Å². The molecule has 1 N–H and O–H groups in total. The first-order chi connectivity index (χ1) is 10.1. The van der Waals surface area contributed by atoms with Crippen molar-refractivity contribution in [3.05, 3.63) is 59.2 Å². The Morgan fingerprint density at radius 3 is 2.76 bits per heavy atom. The third-order valence-electron chi connectivity index (χ3n) is 3.49. The smallest absolute Gasteiger partial charge is 0.335 e. The molecule has 1 unspecified atom stereocenters. The minimum atomic E-state index is -0.892. The Balaban J connectivity index is 1.58. The molecule has 0 amide bonds. The summed E-state index contributed by atoms with van der Waals surface area (Å²) in [5, 5.41) is 8.87. The highest BCUT2D eigenvalue weighted by Crippen LogP contribution is 2.32. The summed E-state index contributed by atoms with van der Waals surface area (Å²) in [6, 6.07) is 13.3. The van der Waals surface area contributed by atoms with Crippen molar-refractivity contribution in [1.82, 2.24) is 0 Å². The first-order valence-electron chi connectivity index (χ1n) is 6.84. The summed E-state index contributed by atoms with van der Waals surface area (Å²) < 4.78 is 5.93. The number of hydrogen-bond acceptors (Lipinski definition) is 3. The molecule has 1 aliphatic rings. The Morgan fingerprint density at radius 1 is 1.29 bits per heavy atom. The average Bonchev–Trinajstić information content (AvgIpc) is 2.87. The zero-order valence-electron chi connectivity index (χ0n) is 11.7. The maximum Gasteiger partial charge on any atom is 0.335 e. The Hall–Kier alpha value is -1.94. The molecule has 108 valence electrons. The van der Waals surface area contributed by atoms with Crippen LogP contribution in [0.5, 0.6) is 5.75 Å². The maximum atomic E-state index is 10.8. The number of aromatic carboxylic acids is 1. The van der Waals surface area contributed by atoms with Gasteiger partial charge in [-0.2, -0.15) is 0 Å². The van der Waals surface area contributed by atoms with Crippen LogP contribution in [0.4, 0.5) is 0 Å². The van der Waals surface area contributed by atoms with E-state index in [0.717, 1.165) is 22.8 Å². The van der Waals surface area contributed by atoms with Crippen LogP contribution in [0.3, 0.4) is 0 Å². The van der Waals surface area contributed by atoms with Gasteiger partial charge in [0.05, 0.1) is 5.56 Å². The molecule has 0 radical (unpaired) electrons. The van der Waals surface area contributed by atoms with Crippen LogP contribution < -0.4 is 4.74 Å². The predicted octanol–water partition coefficient (Wildman–Crippen LogP) is 3.79. The second-order valence-corrected chi connectivity index (χ2v) is 6.29. The lowest BCUT2D eigenvalue weighted by atomic mass is 10.1. The number of hydrogen-bond donors (Lipinski definition) is 1. The minimum absolute atomic E-state index is 0.186. The van der Waals surface area contributed by atoms with Gasteiger partial charge in [0.25, 0.3) is 0 Å². The topological polar surface area (TPSA) is 46.5 Å². The standard InChI is InChI=1S/C17H16O3S/c1-11-2-7-16-13(8-11)9-14(20-16)10-21-15-5-3-12(4-6-15)17(18)19/h2-8,14H,9-10H2,1H3,(H,18,19). The molecule has 2 aromatic rings. The van der Waals surface area contributed by atoms with E-state index >= 15 is 0 Å². The normalized spacial score (nSPS) is 16.3. The van der Waals surface area contributed by atoms with Gasteiger partial charge in [-0.05, 0) is 42.8 Å². The molecule has 3 nitrogen and oxygen atoms in total. The van der Waals surface area contributed by atoms with Crippen LogP contribution >= 0.6 is 11.8 Å². The summed E-state index contributed by atoms with van der Waals surface area (Å²) in [6.07, 6.45) is 1.13. The van der Waals surface area contributed by atoms with Crippen molar-refractivity contribution in [3.8, 4) is 5.75 Å². The van der Waals surface area contributed by atoms with Crippen LogP contribution in [-0.4, -0.2) is 22.9 Å². The van der Waals surface area contributed by atoms with Gasteiger partial charge in [-0.1, -0.05) is 17.7 Å². The van der Waals surface area contributed by atoms with Gasteiger partial charge >= 0.3 is 5.97 Å². The van der Waals surface area contributed by atoms with E-state index < -0.39 is 5.97 Å². The number of ether oxygens (including phenoxy) is 1. The molecule has 0 aromatic heterocycles. The van der Waals surface area contributed by atoms with E-state index in [1.54, 1.807) is 23.9 Å². The van der Waals surface area contributed by atoms with Gasteiger partial charge in [-0.3, -0.25) is 0 Å². The summed E-state index contributed by atoms with van der Waals surface area (Å²) in [6.45, 7) is 2.09. The Morgan fingerprint density at radius 2 is 2.05 bits per heavy atom. The Kier molecular flexibility index (Phi) is 3.88. The van der Waals surface area contributed by atoms with E-state index in [0.29, 0.717) is 5.56 Å². The molecule has 0 saturated carbocycles. The lowest BCUT2D eigenvalue weighted by molar-refractivity contribution is 0.0697. The van der Waals surface area contributed by atoms with Gasteiger partial charge in [0.1, 0.15) is 11.9 Å². The van der Waals surface area contributed by atoms with Crippen LogP contribution in [0, 0.1) is 6.92 Å². The summed E-state index contributed by atoms with van der Waals surface area (Å²) in [7, 11) is 0. The molecule has 0 spiro atoms. The molecule has 1 atom stereocenters. The summed E-state index contributed by atoms with van der Waals surface area (Å²) in [5.74, 6) is 0.962. The molecule has 1 heterocycles. The first-order valence-corrected chi connectivity index (χ1v) is 7.83. The number of thioether (sulfide) groups is 1. The van der Waals surface area contributed by atoms with Gasteiger partial charge < -0.3 is 9.84 Å². The minimum Gasteiger partial charge on any atom is -0.489 e.